The number of aromatic hydroxyl groups is 1. The highest BCUT2D eigenvalue weighted by atomic mass is 16.3. The smallest absolute Gasteiger partial charge is 0.163 e. The van der Waals surface area contributed by atoms with Crippen LogP contribution in [0.2, 0.25) is 0 Å². The van der Waals surface area contributed by atoms with Gasteiger partial charge in [-0.25, -0.2) is 0 Å². The Labute approximate surface area is 70.8 Å². The van der Waals surface area contributed by atoms with E-state index in [9.17, 15) is 9.90 Å². The third-order valence-electron chi connectivity index (χ3n) is 1.66. The highest BCUT2D eigenvalue weighted by Gasteiger charge is 2.09. The predicted molar refractivity (Wildman–Crippen MR) is 47.3 cm³/mol. The molecule has 0 saturated carbocycles. The van der Waals surface area contributed by atoms with Gasteiger partial charge in [-0.1, -0.05) is 0 Å². The molecule has 64 valence electrons. The maximum atomic E-state index is 11.0. The van der Waals surface area contributed by atoms with Crippen molar-refractivity contribution < 1.29 is 9.90 Å². The van der Waals surface area contributed by atoms with E-state index in [4.69, 9.17) is 5.73 Å². The standard InChI is InChI=1S/C9H11NO2/c1-5-3-7(6(2)11)9(12)8(10)4-5/h3-4,12H,10H2,1-2H3. The SMILES string of the molecule is CC(=O)c1cc(C)cc(N)c1O. The Bertz CT molecular complexity index is 332. The van der Waals surface area contributed by atoms with Gasteiger partial charge in [-0.15, -0.1) is 0 Å². The maximum absolute atomic E-state index is 11.0. The van der Waals surface area contributed by atoms with E-state index in [0.29, 0.717) is 0 Å². The molecule has 0 aliphatic heterocycles. The van der Waals surface area contributed by atoms with Gasteiger partial charge in [0, 0.05) is 0 Å². The highest BCUT2D eigenvalue weighted by Crippen LogP contribution is 2.26. The molecule has 1 rings (SSSR count). The van der Waals surface area contributed by atoms with Crippen LogP contribution in [0.3, 0.4) is 0 Å². The summed E-state index contributed by atoms with van der Waals surface area (Å²) >= 11 is 0. The van der Waals surface area contributed by atoms with Crippen molar-refractivity contribution in [3.63, 3.8) is 0 Å². The molecule has 0 fully saturated rings. The van der Waals surface area contributed by atoms with Gasteiger partial charge in [0.1, 0.15) is 5.75 Å². The van der Waals surface area contributed by atoms with Gasteiger partial charge in [-0.2, -0.15) is 0 Å². The monoisotopic (exact) mass is 165 g/mol. The number of carbonyl (C=O) groups is 1. The Hall–Kier alpha value is -1.51. The quantitative estimate of drug-likeness (QED) is 0.376. The topological polar surface area (TPSA) is 63.3 Å². The van der Waals surface area contributed by atoms with Crippen molar-refractivity contribution >= 4 is 11.5 Å². The number of ketones is 1. The molecule has 1 aromatic carbocycles. The summed E-state index contributed by atoms with van der Waals surface area (Å²) in [6.45, 7) is 3.22. The molecule has 0 aromatic heterocycles. The van der Waals surface area contributed by atoms with E-state index >= 15 is 0 Å². The summed E-state index contributed by atoms with van der Waals surface area (Å²) < 4.78 is 0. The molecule has 0 aliphatic carbocycles. The van der Waals surface area contributed by atoms with Crippen LogP contribution in [0.1, 0.15) is 22.8 Å². The molecular formula is C9H11NO2. The lowest BCUT2D eigenvalue weighted by molar-refractivity contribution is 0.101. The molecule has 0 unspecified atom stereocenters. The fourth-order valence-electron chi connectivity index (χ4n) is 1.08. The van der Waals surface area contributed by atoms with Crippen molar-refractivity contribution in [2.24, 2.45) is 0 Å². The van der Waals surface area contributed by atoms with Crippen molar-refractivity contribution in [1.82, 2.24) is 0 Å². The molecule has 0 heterocycles. The van der Waals surface area contributed by atoms with Crippen LogP contribution >= 0.6 is 0 Å². The van der Waals surface area contributed by atoms with Gasteiger partial charge in [-0.3, -0.25) is 4.79 Å². The number of Topliss-reactive ketones (excluding diaryl/α,β-unsaturated/α-hetero) is 1. The summed E-state index contributed by atoms with van der Waals surface area (Å²) in [5.41, 5.74) is 6.86. The number of nitrogens with two attached hydrogens (primary N) is 1. The van der Waals surface area contributed by atoms with Crippen molar-refractivity contribution in [3.8, 4) is 5.75 Å². The normalized spacial score (nSPS) is 9.83. The minimum absolute atomic E-state index is 0.117. The molecule has 0 radical (unpaired) electrons. The number of hydrogen-bond donors (Lipinski definition) is 2. The number of benzene rings is 1. The Morgan fingerprint density at radius 3 is 2.58 bits per heavy atom. The zero-order chi connectivity index (χ0) is 9.30. The van der Waals surface area contributed by atoms with Gasteiger partial charge in [-0.05, 0) is 31.5 Å². The van der Waals surface area contributed by atoms with E-state index in [-0.39, 0.29) is 22.8 Å². The number of carbonyl (C=O) groups excluding carboxylic acids is 1. The lowest BCUT2D eigenvalue weighted by Gasteiger charge is -2.04. The number of rotatable bonds is 1. The van der Waals surface area contributed by atoms with E-state index in [1.54, 1.807) is 12.1 Å². The van der Waals surface area contributed by atoms with Crippen molar-refractivity contribution in [1.29, 1.82) is 0 Å². The van der Waals surface area contributed by atoms with Crippen LogP contribution in [-0.2, 0) is 0 Å². The zero-order valence-corrected chi connectivity index (χ0v) is 7.09. The van der Waals surface area contributed by atoms with E-state index in [1.807, 2.05) is 6.92 Å². The Morgan fingerprint density at radius 1 is 1.50 bits per heavy atom. The van der Waals surface area contributed by atoms with Gasteiger partial charge in [0.2, 0.25) is 0 Å². The van der Waals surface area contributed by atoms with E-state index in [1.165, 1.54) is 6.92 Å². The van der Waals surface area contributed by atoms with Gasteiger partial charge in [0.15, 0.2) is 5.78 Å². The molecule has 0 bridgehead atoms. The average molecular weight is 165 g/mol. The maximum Gasteiger partial charge on any atom is 0.163 e. The lowest BCUT2D eigenvalue weighted by atomic mass is 10.1. The second-order valence-corrected chi connectivity index (χ2v) is 2.81. The fourth-order valence-corrected chi connectivity index (χ4v) is 1.08. The van der Waals surface area contributed by atoms with Gasteiger partial charge in [0.05, 0.1) is 11.3 Å². The number of anilines is 1. The van der Waals surface area contributed by atoms with Crippen LogP contribution in [-0.4, -0.2) is 10.9 Å². The first-order valence-corrected chi connectivity index (χ1v) is 3.62. The summed E-state index contributed by atoms with van der Waals surface area (Å²) in [4.78, 5) is 11.0. The number of hydrogen-bond acceptors (Lipinski definition) is 3. The summed E-state index contributed by atoms with van der Waals surface area (Å²) in [5, 5.41) is 9.35. The highest BCUT2D eigenvalue weighted by molar-refractivity contribution is 5.98. The molecule has 3 N–H and O–H groups in total. The van der Waals surface area contributed by atoms with Crippen LogP contribution in [0.5, 0.6) is 5.75 Å². The Balaban J connectivity index is 3.37. The van der Waals surface area contributed by atoms with E-state index in [2.05, 4.69) is 0 Å². The van der Waals surface area contributed by atoms with Gasteiger partial charge in [0.25, 0.3) is 0 Å². The molecule has 12 heavy (non-hydrogen) atoms. The number of phenolic OH excluding ortho intramolecular Hbond substituents is 1. The minimum atomic E-state index is -0.178. The summed E-state index contributed by atoms with van der Waals surface area (Å²) in [5.74, 6) is -0.295. The second kappa shape index (κ2) is 2.85. The third kappa shape index (κ3) is 1.39. The van der Waals surface area contributed by atoms with Crippen molar-refractivity contribution in [3.05, 3.63) is 23.3 Å². The molecule has 3 heteroatoms. The van der Waals surface area contributed by atoms with Crippen molar-refractivity contribution in [2.75, 3.05) is 5.73 Å². The first-order valence-electron chi connectivity index (χ1n) is 3.62. The van der Waals surface area contributed by atoms with Crippen LogP contribution in [0.15, 0.2) is 12.1 Å². The molecule has 0 atom stereocenters. The van der Waals surface area contributed by atoms with Gasteiger partial charge >= 0.3 is 0 Å². The molecule has 0 amide bonds. The van der Waals surface area contributed by atoms with Crippen molar-refractivity contribution in [2.45, 2.75) is 13.8 Å². The number of aryl methyl sites for hydroxylation is 1. The third-order valence-corrected chi connectivity index (χ3v) is 1.66. The Morgan fingerprint density at radius 2 is 2.08 bits per heavy atom. The molecule has 0 spiro atoms. The average Bonchev–Trinajstić information content (AvgIpc) is 1.96. The zero-order valence-electron chi connectivity index (χ0n) is 7.09. The molecule has 3 nitrogen and oxygen atoms in total. The number of nitrogen functional groups attached to an aromatic ring is 1. The van der Waals surface area contributed by atoms with Gasteiger partial charge < -0.3 is 10.8 Å². The Kier molecular flexibility index (Phi) is 2.04. The van der Waals surface area contributed by atoms with Crippen LogP contribution in [0.4, 0.5) is 5.69 Å². The van der Waals surface area contributed by atoms with Crippen LogP contribution in [0.25, 0.3) is 0 Å². The number of phenols is 1. The first-order chi connectivity index (χ1) is 5.52. The first kappa shape index (κ1) is 8.59. The largest absolute Gasteiger partial charge is 0.505 e. The summed E-state index contributed by atoms with van der Waals surface area (Å²) in [7, 11) is 0. The minimum Gasteiger partial charge on any atom is -0.505 e. The summed E-state index contributed by atoms with van der Waals surface area (Å²) in [6.07, 6.45) is 0. The predicted octanol–water partition coefficient (Wildman–Crippen LogP) is 1.49. The fraction of sp³-hybridized carbons (Fsp3) is 0.222. The second-order valence-electron chi connectivity index (χ2n) is 2.81. The molecule has 0 aliphatic rings. The molecule has 0 saturated heterocycles. The molecule has 1 aromatic rings. The van der Waals surface area contributed by atoms with E-state index in [0.717, 1.165) is 5.56 Å². The van der Waals surface area contributed by atoms with Crippen LogP contribution < -0.4 is 5.73 Å². The van der Waals surface area contributed by atoms with Crippen LogP contribution in [0, 0.1) is 6.92 Å². The summed E-state index contributed by atoms with van der Waals surface area (Å²) in [6, 6.07) is 3.25. The molecular weight excluding hydrogens is 154 g/mol. The lowest BCUT2D eigenvalue weighted by Crippen LogP contribution is -1.97. The van der Waals surface area contributed by atoms with E-state index < -0.39 is 0 Å².